The minimum atomic E-state index is -0.998. The van der Waals surface area contributed by atoms with E-state index < -0.39 is 5.60 Å². The maximum atomic E-state index is 12.0. The Kier molecular flexibility index (Phi) is 5.35. The average Bonchev–Trinajstić information content (AvgIpc) is 3.27. The summed E-state index contributed by atoms with van der Waals surface area (Å²) in [5.41, 5.74) is -0.998. The molecular formula is C17H17Cl2NO3S. The predicted molar refractivity (Wildman–Crippen MR) is 95.9 cm³/mol. The van der Waals surface area contributed by atoms with Crippen molar-refractivity contribution in [1.29, 1.82) is 0 Å². The van der Waals surface area contributed by atoms with Crippen LogP contribution in [0.5, 0.6) is 5.75 Å². The van der Waals surface area contributed by atoms with Crippen LogP contribution in [0.25, 0.3) is 0 Å². The number of nitrogens with one attached hydrogen (secondary N) is 1. The molecule has 1 aromatic heterocycles. The predicted octanol–water partition coefficient (Wildman–Crippen LogP) is 3.85. The molecule has 1 amide bonds. The van der Waals surface area contributed by atoms with Gasteiger partial charge in [0.25, 0.3) is 5.91 Å². The summed E-state index contributed by atoms with van der Waals surface area (Å²) < 4.78 is 5.40. The maximum absolute atomic E-state index is 12.0. The molecule has 0 spiro atoms. The number of carbonyl (C=O) groups excluding carboxylic acids is 1. The molecule has 3 rings (SSSR count). The van der Waals surface area contributed by atoms with Crippen molar-refractivity contribution >= 4 is 40.4 Å². The van der Waals surface area contributed by atoms with E-state index >= 15 is 0 Å². The number of halogens is 2. The van der Waals surface area contributed by atoms with Gasteiger partial charge in [0.1, 0.15) is 11.4 Å². The molecule has 24 heavy (non-hydrogen) atoms. The summed E-state index contributed by atoms with van der Waals surface area (Å²) in [6.45, 7) is 0.00125. The largest absolute Gasteiger partial charge is 0.482 e. The topological polar surface area (TPSA) is 58.6 Å². The molecule has 0 bridgehead atoms. The van der Waals surface area contributed by atoms with E-state index in [2.05, 4.69) is 5.32 Å². The number of ether oxygens (including phenoxy) is 1. The van der Waals surface area contributed by atoms with Gasteiger partial charge in [0.15, 0.2) is 6.61 Å². The number of rotatable bonds is 7. The van der Waals surface area contributed by atoms with Crippen LogP contribution in [0.2, 0.25) is 10.0 Å². The van der Waals surface area contributed by atoms with Crippen LogP contribution in [0, 0.1) is 5.92 Å². The monoisotopic (exact) mass is 385 g/mol. The summed E-state index contributed by atoms with van der Waals surface area (Å²) in [6, 6.07) is 8.62. The highest BCUT2D eigenvalue weighted by molar-refractivity contribution is 7.10. The van der Waals surface area contributed by atoms with Crippen LogP contribution in [-0.4, -0.2) is 24.2 Å². The number of hydrogen-bond acceptors (Lipinski definition) is 4. The summed E-state index contributed by atoms with van der Waals surface area (Å²) in [7, 11) is 0. The maximum Gasteiger partial charge on any atom is 0.258 e. The number of carbonyl (C=O) groups is 1. The first-order valence-electron chi connectivity index (χ1n) is 7.60. The van der Waals surface area contributed by atoms with Crippen molar-refractivity contribution in [2.24, 2.45) is 5.92 Å². The lowest BCUT2D eigenvalue weighted by Gasteiger charge is -2.27. The standard InChI is InChI=1S/C17H17Cl2NO3S/c18-12-5-6-14(13(19)8-12)23-9-16(21)20-10-17(22,11-3-4-11)15-2-1-7-24-15/h1-2,5-8,11,22H,3-4,9-10H2,(H,20,21)/t17-/m1/s1. The highest BCUT2D eigenvalue weighted by Crippen LogP contribution is 2.46. The second-order valence-corrected chi connectivity index (χ2v) is 7.61. The quantitative estimate of drug-likeness (QED) is 0.760. The van der Waals surface area contributed by atoms with Gasteiger partial charge in [-0.1, -0.05) is 29.3 Å². The van der Waals surface area contributed by atoms with Gasteiger partial charge in [-0.15, -0.1) is 11.3 Å². The SMILES string of the molecule is O=C(COc1ccc(Cl)cc1Cl)NC[C@](O)(c1cccs1)C1CC1. The Bertz CT molecular complexity index is 719. The van der Waals surface area contributed by atoms with Gasteiger partial charge in [0.2, 0.25) is 0 Å². The second kappa shape index (κ2) is 7.31. The molecule has 1 saturated carbocycles. The van der Waals surface area contributed by atoms with Crippen molar-refractivity contribution in [2.45, 2.75) is 18.4 Å². The first-order valence-corrected chi connectivity index (χ1v) is 9.23. The zero-order valence-corrected chi connectivity index (χ0v) is 15.1. The number of thiophene rings is 1. The molecule has 1 aliphatic rings. The molecule has 1 fully saturated rings. The van der Waals surface area contributed by atoms with Crippen LogP contribution < -0.4 is 10.1 Å². The molecule has 1 aliphatic carbocycles. The van der Waals surface area contributed by atoms with Crippen LogP contribution in [0.3, 0.4) is 0 Å². The minimum absolute atomic E-state index is 0.174. The molecule has 4 nitrogen and oxygen atoms in total. The molecule has 1 heterocycles. The van der Waals surface area contributed by atoms with E-state index in [4.69, 9.17) is 27.9 Å². The summed E-state index contributed by atoms with van der Waals surface area (Å²) in [5.74, 6) is 0.284. The number of hydrogen-bond donors (Lipinski definition) is 2. The van der Waals surface area contributed by atoms with Crippen molar-refractivity contribution in [3.8, 4) is 5.75 Å². The Morgan fingerprint density at radius 3 is 2.79 bits per heavy atom. The van der Waals surface area contributed by atoms with E-state index in [-0.39, 0.29) is 25.0 Å². The van der Waals surface area contributed by atoms with Crippen LogP contribution in [0.15, 0.2) is 35.7 Å². The fourth-order valence-corrected chi connectivity index (χ4v) is 3.91. The minimum Gasteiger partial charge on any atom is -0.482 e. The average molecular weight is 386 g/mol. The third kappa shape index (κ3) is 4.03. The summed E-state index contributed by atoms with van der Waals surface area (Å²) in [5, 5.41) is 16.5. The molecule has 128 valence electrons. The third-order valence-electron chi connectivity index (χ3n) is 4.01. The molecule has 2 aromatic rings. The molecule has 0 saturated heterocycles. The zero-order valence-electron chi connectivity index (χ0n) is 12.8. The molecule has 0 aliphatic heterocycles. The lowest BCUT2D eigenvalue weighted by atomic mass is 9.95. The van der Waals surface area contributed by atoms with Gasteiger partial charge in [0.05, 0.1) is 11.6 Å². The molecule has 0 unspecified atom stereocenters. The smallest absolute Gasteiger partial charge is 0.258 e. The summed E-state index contributed by atoms with van der Waals surface area (Å²) >= 11 is 13.3. The Morgan fingerprint density at radius 1 is 1.38 bits per heavy atom. The molecule has 1 atom stereocenters. The Hall–Kier alpha value is -1.27. The molecule has 7 heteroatoms. The van der Waals surface area contributed by atoms with Crippen LogP contribution in [0.1, 0.15) is 17.7 Å². The van der Waals surface area contributed by atoms with Crippen molar-refractivity contribution < 1.29 is 14.6 Å². The fourth-order valence-electron chi connectivity index (χ4n) is 2.54. The zero-order chi connectivity index (χ0) is 17.2. The normalized spacial score (nSPS) is 16.5. The van der Waals surface area contributed by atoms with Crippen molar-refractivity contribution in [3.63, 3.8) is 0 Å². The van der Waals surface area contributed by atoms with Gasteiger partial charge in [0, 0.05) is 9.90 Å². The van der Waals surface area contributed by atoms with Gasteiger partial charge in [-0.05, 0) is 48.4 Å². The Morgan fingerprint density at radius 2 is 2.17 bits per heavy atom. The highest BCUT2D eigenvalue weighted by atomic mass is 35.5. The van der Waals surface area contributed by atoms with E-state index in [1.165, 1.54) is 11.3 Å². The number of amides is 1. The van der Waals surface area contributed by atoms with Gasteiger partial charge < -0.3 is 15.2 Å². The van der Waals surface area contributed by atoms with Gasteiger partial charge in [-0.3, -0.25) is 4.79 Å². The molecule has 0 radical (unpaired) electrons. The van der Waals surface area contributed by atoms with Gasteiger partial charge >= 0.3 is 0 Å². The lowest BCUT2D eigenvalue weighted by Crippen LogP contribution is -2.43. The molecule has 2 N–H and O–H groups in total. The van der Waals surface area contributed by atoms with E-state index in [9.17, 15) is 9.90 Å². The van der Waals surface area contributed by atoms with Gasteiger partial charge in [-0.25, -0.2) is 0 Å². The fraction of sp³-hybridized carbons (Fsp3) is 0.353. The third-order valence-corrected chi connectivity index (χ3v) is 5.58. The van der Waals surface area contributed by atoms with Gasteiger partial charge in [-0.2, -0.15) is 0 Å². The number of aliphatic hydroxyl groups is 1. The summed E-state index contributed by atoms with van der Waals surface area (Å²) in [4.78, 5) is 12.9. The molecule has 1 aromatic carbocycles. The number of benzene rings is 1. The van der Waals surface area contributed by atoms with Crippen molar-refractivity contribution in [3.05, 3.63) is 50.6 Å². The Balaban J connectivity index is 1.55. The van der Waals surface area contributed by atoms with Crippen LogP contribution >= 0.6 is 34.5 Å². The van der Waals surface area contributed by atoms with Crippen molar-refractivity contribution in [2.75, 3.05) is 13.2 Å². The Labute approximate surface area is 154 Å². The molecular weight excluding hydrogens is 369 g/mol. The second-order valence-electron chi connectivity index (χ2n) is 5.82. The highest BCUT2D eigenvalue weighted by Gasteiger charge is 2.45. The van der Waals surface area contributed by atoms with Crippen LogP contribution in [0.4, 0.5) is 0 Å². The first kappa shape index (κ1) is 17.5. The van der Waals surface area contributed by atoms with E-state index in [1.54, 1.807) is 18.2 Å². The lowest BCUT2D eigenvalue weighted by molar-refractivity contribution is -0.124. The first-order chi connectivity index (χ1) is 11.5. The van der Waals surface area contributed by atoms with Crippen molar-refractivity contribution in [1.82, 2.24) is 5.32 Å². The van der Waals surface area contributed by atoms with E-state index in [0.717, 1.165) is 17.7 Å². The van der Waals surface area contributed by atoms with Crippen LogP contribution in [-0.2, 0) is 10.4 Å². The van der Waals surface area contributed by atoms with E-state index in [0.29, 0.717) is 15.8 Å². The summed E-state index contributed by atoms with van der Waals surface area (Å²) in [6.07, 6.45) is 1.95. The van der Waals surface area contributed by atoms with E-state index in [1.807, 2.05) is 17.5 Å².